The van der Waals surface area contributed by atoms with E-state index in [1.165, 1.54) is 0 Å². The van der Waals surface area contributed by atoms with E-state index in [2.05, 4.69) is 0 Å². The number of benzene rings is 2. The van der Waals surface area contributed by atoms with Crippen LogP contribution in [0.1, 0.15) is 23.2 Å². The average molecular weight is 380 g/mol. The topological polar surface area (TPSA) is 59.1 Å². The van der Waals surface area contributed by atoms with Crippen molar-refractivity contribution in [2.45, 2.75) is 18.4 Å². The molecule has 1 unspecified atom stereocenters. The largest absolute Gasteiger partial charge is 0.497 e. The number of para-hydroxylation sites is 1. The third-order valence-electron chi connectivity index (χ3n) is 5.48. The fourth-order valence-electron chi connectivity index (χ4n) is 3.99. The monoisotopic (exact) mass is 380 g/mol. The molecule has 4 rings (SSSR count). The third-order valence-corrected chi connectivity index (χ3v) is 5.48. The Morgan fingerprint density at radius 2 is 1.82 bits per heavy atom. The van der Waals surface area contributed by atoms with Gasteiger partial charge in [-0.1, -0.05) is 18.2 Å². The number of carbonyl (C=O) groups excluding carboxylic acids is 2. The number of hydrogen-bond acceptors (Lipinski definition) is 4. The van der Waals surface area contributed by atoms with Crippen LogP contribution < -0.4 is 9.64 Å². The first kappa shape index (κ1) is 18.5. The molecule has 0 saturated carbocycles. The fourth-order valence-corrected chi connectivity index (χ4v) is 3.99. The number of carbonyl (C=O) groups is 2. The van der Waals surface area contributed by atoms with Gasteiger partial charge in [0.2, 0.25) is 0 Å². The van der Waals surface area contributed by atoms with Crippen molar-refractivity contribution in [3.63, 3.8) is 0 Å². The zero-order valence-electron chi connectivity index (χ0n) is 16.0. The lowest BCUT2D eigenvalue weighted by molar-refractivity contribution is -0.144. The SMILES string of the molecule is COc1ccc(C(=O)N2CCCC3(C2)CN(c2ccccc2)C(=O)CO3)cc1. The Kier molecular flexibility index (Phi) is 5.05. The van der Waals surface area contributed by atoms with E-state index in [1.54, 1.807) is 36.3 Å². The standard InChI is InChI=1S/C22H24N2O4/c1-27-19-10-8-17(9-11-19)21(26)23-13-5-12-22(15-23)16-24(20(25)14-28-22)18-6-3-2-4-7-18/h2-4,6-11H,5,12-16H2,1H3. The van der Waals surface area contributed by atoms with Crippen LogP contribution in [0.15, 0.2) is 54.6 Å². The highest BCUT2D eigenvalue weighted by molar-refractivity contribution is 5.96. The van der Waals surface area contributed by atoms with Crippen LogP contribution in [0.25, 0.3) is 0 Å². The fraction of sp³-hybridized carbons (Fsp3) is 0.364. The van der Waals surface area contributed by atoms with Gasteiger partial charge in [0.15, 0.2) is 0 Å². The molecule has 0 bridgehead atoms. The molecule has 0 N–H and O–H groups in total. The number of anilines is 1. The van der Waals surface area contributed by atoms with Gasteiger partial charge < -0.3 is 19.3 Å². The van der Waals surface area contributed by atoms with E-state index < -0.39 is 5.60 Å². The summed E-state index contributed by atoms with van der Waals surface area (Å²) in [5, 5.41) is 0. The second-order valence-corrected chi connectivity index (χ2v) is 7.35. The van der Waals surface area contributed by atoms with Gasteiger partial charge in [0.05, 0.1) is 20.2 Å². The molecule has 28 heavy (non-hydrogen) atoms. The molecule has 0 radical (unpaired) electrons. The minimum absolute atomic E-state index is 0.0199. The van der Waals surface area contributed by atoms with Gasteiger partial charge in [-0.3, -0.25) is 9.59 Å². The quantitative estimate of drug-likeness (QED) is 0.822. The second kappa shape index (κ2) is 7.64. The van der Waals surface area contributed by atoms with E-state index in [0.717, 1.165) is 24.3 Å². The van der Waals surface area contributed by atoms with Gasteiger partial charge in [0, 0.05) is 17.8 Å². The number of methoxy groups -OCH3 is 1. The smallest absolute Gasteiger partial charge is 0.253 e. The van der Waals surface area contributed by atoms with Gasteiger partial charge in [0.25, 0.3) is 11.8 Å². The van der Waals surface area contributed by atoms with Crippen LogP contribution in [0.3, 0.4) is 0 Å². The van der Waals surface area contributed by atoms with E-state index in [1.807, 2.05) is 35.2 Å². The molecule has 6 nitrogen and oxygen atoms in total. The molecule has 0 aromatic heterocycles. The molecule has 2 heterocycles. The number of piperidine rings is 1. The van der Waals surface area contributed by atoms with Crippen LogP contribution in [0, 0.1) is 0 Å². The number of rotatable bonds is 3. The summed E-state index contributed by atoms with van der Waals surface area (Å²) in [5.41, 5.74) is 0.975. The van der Waals surface area contributed by atoms with Gasteiger partial charge in [-0.15, -0.1) is 0 Å². The van der Waals surface area contributed by atoms with Crippen molar-refractivity contribution in [3.05, 3.63) is 60.2 Å². The summed E-state index contributed by atoms with van der Waals surface area (Å²) in [6.07, 6.45) is 1.68. The molecule has 146 valence electrons. The number of ether oxygens (including phenoxy) is 2. The summed E-state index contributed by atoms with van der Waals surface area (Å²) >= 11 is 0. The molecule has 2 saturated heterocycles. The summed E-state index contributed by atoms with van der Waals surface area (Å²) in [5.74, 6) is 0.656. The molecule has 2 fully saturated rings. The highest BCUT2D eigenvalue weighted by Crippen LogP contribution is 2.32. The molecule has 6 heteroatoms. The summed E-state index contributed by atoms with van der Waals surface area (Å²) < 4.78 is 11.2. The first-order valence-corrected chi connectivity index (χ1v) is 9.53. The number of amides is 2. The molecule has 2 aromatic rings. The van der Waals surface area contributed by atoms with Gasteiger partial charge >= 0.3 is 0 Å². The van der Waals surface area contributed by atoms with E-state index in [9.17, 15) is 9.59 Å². The number of nitrogens with zero attached hydrogens (tertiary/aromatic N) is 2. The van der Waals surface area contributed by atoms with Crippen LogP contribution in [0.4, 0.5) is 5.69 Å². The number of likely N-dealkylation sites (tertiary alicyclic amines) is 1. The first-order valence-electron chi connectivity index (χ1n) is 9.53. The molecule has 2 aromatic carbocycles. The van der Waals surface area contributed by atoms with Crippen molar-refractivity contribution in [1.29, 1.82) is 0 Å². The lowest BCUT2D eigenvalue weighted by Gasteiger charge is -2.47. The molecule has 2 aliphatic rings. The van der Waals surface area contributed by atoms with E-state index >= 15 is 0 Å². The maximum Gasteiger partial charge on any atom is 0.253 e. The average Bonchev–Trinajstić information content (AvgIpc) is 2.76. The van der Waals surface area contributed by atoms with Crippen LogP contribution >= 0.6 is 0 Å². The highest BCUT2D eigenvalue weighted by Gasteiger charge is 2.44. The van der Waals surface area contributed by atoms with Gasteiger partial charge in [-0.25, -0.2) is 0 Å². The van der Waals surface area contributed by atoms with Crippen LogP contribution in [0.2, 0.25) is 0 Å². The van der Waals surface area contributed by atoms with Gasteiger partial charge in [-0.2, -0.15) is 0 Å². The van der Waals surface area contributed by atoms with Crippen molar-refractivity contribution in [2.24, 2.45) is 0 Å². The lowest BCUT2D eigenvalue weighted by Crippen LogP contribution is -2.62. The van der Waals surface area contributed by atoms with E-state index in [4.69, 9.17) is 9.47 Å². The Balaban J connectivity index is 1.52. The van der Waals surface area contributed by atoms with Crippen LogP contribution in [-0.2, 0) is 9.53 Å². The van der Waals surface area contributed by atoms with E-state index in [0.29, 0.717) is 25.2 Å². The van der Waals surface area contributed by atoms with Crippen molar-refractivity contribution >= 4 is 17.5 Å². The molecular weight excluding hydrogens is 356 g/mol. The lowest BCUT2D eigenvalue weighted by atomic mass is 9.90. The van der Waals surface area contributed by atoms with Gasteiger partial charge in [0.1, 0.15) is 18.0 Å². The zero-order chi connectivity index (χ0) is 19.6. The summed E-state index contributed by atoms with van der Waals surface area (Å²) in [6.45, 7) is 1.67. The summed E-state index contributed by atoms with van der Waals surface area (Å²) in [7, 11) is 1.60. The molecular formula is C22H24N2O4. The van der Waals surface area contributed by atoms with Gasteiger partial charge in [-0.05, 0) is 49.2 Å². The Morgan fingerprint density at radius 3 is 2.54 bits per heavy atom. The Labute approximate surface area is 164 Å². The number of hydrogen-bond donors (Lipinski definition) is 0. The summed E-state index contributed by atoms with van der Waals surface area (Å²) in [6, 6.07) is 16.8. The highest BCUT2D eigenvalue weighted by atomic mass is 16.5. The first-order chi connectivity index (χ1) is 13.6. The minimum Gasteiger partial charge on any atom is -0.497 e. The maximum atomic E-state index is 13.0. The zero-order valence-corrected chi connectivity index (χ0v) is 16.0. The Morgan fingerprint density at radius 1 is 1.07 bits per heavy atom. The summed E-state index contributed by atoms with van der Waals surface area (Å²) in [4.78, 5) is 29.0. The Bertz CT molecular complexity index is 853. The predicted octanol–water partition coefficient (Wildman–Crippen LogP) is 2.73. The minimum atomic E-state index is -0.524. The van der Waals surface area contributed by atoms with E-state index in [-0.39, 0.29) is 18.4 Å². The van der Waals surface area contributed by atoms with Crippen LogP contribution in [0.5, 0.6) is 5.75 Å². The number of morpholine rings is 1. The Hall–Kier alpha value is -2.86. The molecule has 2 amide bonds. The van der Waals surface area contributed by atoms with Crippen molar-refractivity contribution in [1.82, 2.24) is 4.90 Å². The molecule has 0 aliphatic carbocycles. The molecule has 1 spiro atoms. The van der Waals surface area contributed by atoms with Crippen molar-refractivity contribution in [3.8, 4) is 5.75 Å². The van der Waals surface area contributed by atoms with Crippen molar-refractivity contribution in [2.75, 3.05) is 38.3 Å². The second-order valence-electron chi connectivity index (χ2n) is 7.35. The molecule has 1 atom stereocenters. The molecule has 2 aliphatic heterocycles. The maximum absolute atomic E-state index is 13.0. The predicted molar refractivity (Wildman–Crippen MR) is 106 cm³/mol. The van der Waals surface area contributed by atoms with Crippen LogP contribution in [-0.4, -0.2) is 55.7 Å². The normalized spacial score (nSPS) is 22.4. The third kappa shape index (κ3) is 3.60. The van der Waals surface area contributed by atoms with Crippen molar-refractivity contribution < 1.29 is 19.1 Å².